The second-order valence-corrected chi connectivity index (χ2v) is 8.96. The van der Waals surface area contributed by atoms with Crippen molar-refractivity contribution in [3.05, 3.63) is 40.1 Å². The summed E-state index contributed by atoms with van der Waals surface area (Å²) in [6.45, 7) is 7.76. The number of aliphatic hydroxyl groups is 2. The van der Waals surface area contributed by atoms with Crippen molar-refractivity contribution in [1.82, 2.24) is 0 Å². The van der Waals surface area contributed by atoms with Crippen LogP contribution in [0.4, 0.5) is 0 Å². The number of halogens is 1. The second-order valence-electron chi connectivity index (χ2n) is 8.59. The van der Waals surface area contributed by atoms with E-state index in [1.165, 1.54) is 12.1 Å². The lowest BCUT2D eigenvalue weighted by Crippen LogP contribution is -2.28. The van der Waals surface area contributed by atoms with Crippen LogP contribution in [0.1, 0.15) is 57.1 Å². The largest absolute Gasteiger partial charge is 0.512 e. The van der Waals surface area contributed by atoms with Crippen molar-refractivity contribution in [3.63, 3.8) is 0 Å². The van der Waals surface area contributed by atoms with Crippen molar-refractivity contribution in [2.24, 2.45) is 16.1 Å². The Balaban J connectivity index is 0.000000471. The molecule has 10 nitrogen and oxygen atoms in total. The molecule has 3 rings (SSSR count). The summed E-state index contributed by atoms with van der Waals surface area (Å²) in [5.74, 6) is 0.362. The van der Waals surface area contributed by atoms with E-state index in [1.807, 2.05) is 13.8 Å². The van der Waals surface area contributed by atoms with Gasteiger partial charge in [0.25, 0.3) is 5.90 Å². The lowest BCUT2D eigenvalue weighted by atomic mass is 9.95. The van der Waals surface area contributed by atoms with Crippen LogP contribution in [0.3, 0.4) is 0 Å². The van der Waals surface area contributed by atoms with E-state index in [9.17, 15) is 15.0 Å². The highest BCUT2D eigenvalue weighted by Crippen LogP contribution is 2.32. The molecule has 1 aliphatic heterocycles. The number of phenols is 1. The molecule has 2 unspecified atom stereocenters. The van der Waals surface area contributed by atoms with Gasteiger partial charge in [0.05, 0.1) is 35.6 Å². The minimum absolute atomic E-state index is 0.0261. The first-order valence-corrected chi connectivity index (χ1v) is 12.5. The molecule has 0 bridgehead atoms. The minimum Gasteiger partial charge on any atom is -0.512 e. The van der Waals surface area contributed by atoms with E-state index < -0.39 is 0 Å². The van der Waals surface area contributed by atoms with Gasteiger partial charge in [-0.3, -0.25) is 4.79 Å². The molecule has 1 aromatic carbocycles. The number of aliphatic hydroxyl groups excluding tert-OH is 2. The number of allylic oxidation sites excluding steroid dienone is 2. The SMILES string of the molecule is C=NOC(=NCC(C)OC1CCCCO1)c1ccc(CO)c(O)c1Cl.COC.C[C@@H]1CCC(=O)C=C1O. The van der Waals surface area contributed by atoms with Crippen LogP contribution in [0.2, 0.25) is 5.02 Å². The number of rotatable bonds is 7. The molecule has 1 saturated heterocycles. The first-order valence-electron chi connectivity index (χ1n) is 12.1. The number of ketones is 1. The van der Waals surface area contributed by atoms with E-state index in [-0.39, 0.29) is 53.1 Å². The highest BCUT2D eigenvalue weighted by atomic mass is 35.5. The van der Waals surface area contributed by atoms with Gasteiger partial charge in [-0.05, 0) is 38.7 Å². The van der Waals surface area contributed by atoms with Gasteiger partial charge in [0.2, 0.25) is 0 Å². The van der Waals surface area contributed by atoms with Crippen LogP contribution >= 0.6 is 11.6 Å². The Morgan fingerprint density at radius 3 is 2.51 bits per heavy atom. The van der Waals surface area contributed by atoms with Gasteiger partial charge in [-0.2, -0.15) is 0 Å². The number of hydrogen-bond acceptors (Lipinski definition) is 10. The second kappa shape index (κ2) is 17.9. The Kier molecular flexibility index (Phi) is 15.7. The van der Waals surface area contributed by atoms with Crippen LogP contribution in [0.25, 0.3) is 0 Å². The maximum atomic E-state index is 10.6. The number of carbonyl (C=O) groups excluding carboxylic acids is 1. The Bertz CT molecular complexity index is 916. The number of benzene rings is 1. The zero-order chi connectivity index (χ0) is 27.8. The maximum Gasteiger partial charge on any atom is 0.253 e. The Hall–Kier alpha value is -2.50. The number of methoxy groups -OCH3 is 1. The van der Waals surface area contributed by atoms with Crippen LogP contribution in [-0.2, 0) is 30.4 Å². The molecule has 37 heavy (non-hydrogen) atoms. The number of ether oxygens (including phenoxy) is 3. The first kappa shape index (κ1) is 32.5. The molecule has 1 heterocycles. The number of oxime groups is 1. The molecule has 1 aliphatic carbocycles. The molecule has 0 amide bonds. The van der Waals surface area contributed by atoms with Crippen LogP contribution in [0.15, 0.2) is 34.1 Å². The first-order chi connectivity index (χ1) is 17.7. The average Bonchev–Trinajstić information content (AvgIpc) is 2.87. The summed E-state index contributed by atoms with van der Waals surface area (Å²) in [5, 5.41) is 31.6. The Morgan fingerprint density at radius 1 is 1.27 bits per heavy atom. The quantitative estimate of drug-likeness (QED) is 0.259. The van der Waals surface area contributed by atoms with Gasteiger partial charge in [0.15, 0.2) is 12.1 Å². The van der Waals surface area contributed by atoms with Crippen molar-refractivity contribution < 1.29 is 39.2 Å². The van der Waals surface area contributed by atoms with Crippen molar-refractivity contribution in [3.8, 4) is 5.75 Å². The minimum atomic E-state index is -0.328. The predicted molar refractivity (Wildman–Crippen MR) is 142 cm³/mol. The lowest BCUT2D eigenvalue weighted by molar-refractivity contribution is -0.182. The van der Waals surface area contributed by atoms with Gasteiger partial charge in [0, 0.05) is 51.5 Å². The topological polar surface area (TPSA) is 139 Å². The number of nitrogens with zero attached hydrogens (tertiary/aromatic N) is 2. The monoisotopic (exact) mass is 542 g/mol. The molecule has 2 aliphatic rings. The summed E-state index contributed by atoms with van der Waals surface area (Å²) in [6, 6.07) is 3.13. The fourth-order valence-electron chi connectivity index (χ4n) is 3.34. The van der Waals surface area contributed by atoms with Crippen molar-refractivity contribution >= 4 is 30.0 Å². The van der Waals surface area contributed by atoms with Gasteiger partial charge in [-0.15, -0.1) is 0 Å². The van der Waals surface area contributed by atoms with E-state index in [2.05, 4.69) is 21.6 Å². The zero-order valence-electron chi connectivity index (χ0n) is 22.0. The Morgan fingerprint density at radius 2 is 1.97 bits per heavy atom. The fraction of sp³-hybridized carbons (Fsp3) is 0.577. The smallest absolute Gasteiger partial charge is 0.253 e. The summed E-state index contributed by atoms with van der Waals surface area (Å²) in [7, 11) is 3.25. The van der Waals surface area contributed by atoms with E-state index in [1.54, 1.807) is 20.3 Å². The molecule has 0 radical (unpaired) electrons. The highest BCUT2D eigenvalue weighted by molar-refractivity contribution is 6.35. The lowest BCUT2D eigenvalue weighted by Gasteiger charge is -2.25. The molecule has 0 aromatic heterocycles. The van der Waals surface area contributed by atoms with Crippen LogP contribution < -0.4 is 0 Å². The summed E-state index contributed by atoms with van der Waals surface area (Å²) in [5.41, 5.74) is 0.663. The molecular weight excluding hydrogens is 504 g/mol. The number of hydrogen-bond donors (Lipinski definition) is 3. The predicted octanol–water partition coefficient (Wildman–Crippen LogP) is 4.54. The molecule has 1 fully saturated rings. The van der Waals surface area contributed by atoms with Gasteiger partial charge in [0.1, 0.15) is 5.75 Å². The summed E-state index contributed by atoms with van der Waals surface area (Å²) >= 11 is 6.14. The maximum absolute atomic E-state index is 10.6. The molecule has 3 atom stereocenters. The van der Waals surface area contributed by atoms with Crippen molar-refractivity contribution in [2.45, 2.75) is 65.0 Å². The number of aromatic hydroxyl groups is 1. The normalized spacial score (nSPS) is 20.4. The molecule has 0 spiro atoms. The van der Waals surface area contributed by atoms with E-state index >= 15 is 0 Å². The van der Waals surface area contributed by atoms with Crippen LogP contribution in [0.5, 0.6) is 5.75 Å². The van der Waals surface area contributed by atoms with E-state index in [4.69, 9.17) is 31.0 Å². The molecule has 3 N–H and O–H groups in total. The Labute approximate surface area is 223 Å². The van der Waals surface area contributed by atoms with Gasteiger partial charge < -0.3 is 34.4 Å². The van der Waals surface area contributed by atoms with Crippen LogP contribution in [-0.4, -0.2) is 73.5 Å². The zero-order valence-corrected chi connectivity index (χ0v) is 22.7. The fourth-order valence-corrected chi connectivity index (χ4v) is 3.60. The van der Waals surface area contributed by atoms with Crippen LogP contribution in [0, 0.1) is 5.92 Å². The third-order valence-corrected chi connectivity index (χ3v) is 5.79. The van der Waals surface area contributed by atoms with Crippen molar-refractivity contribution in [1.29, 1.82) is 0 Å². The highest BCUT2D eigenvalue weighted by Gasteiger charge is 2.20. The van der Waals surface area contributed by atoms with Gasteiger partial charge in [-0.25, -0.2) is 4.99 Å². The third kappa shape index (κ3) is 11.6. The van der Waals surface area contributed by atoms with E-state index in [0.29, 0.717) is 30.7 Å². The van der Waals surface area contributed by atoms with E-state index in [0.717, 1.165) is 25.7 Å². The molecule has 208 valence electrons. The summed E-state index contributed by atoms with van der Waals surface area (Å²) in [4.78, 5) is 20.0. The molecule has 11 heteroatoms. The summed E-state index contributed by atoms with van der Waals surface area (Å²) < 4.78 is 15.6. The molecule has 1 aromatic rings. The van der Waals surface area contributed by atoms with Gasteiger partial charge >= 0.3 is 0 Å². The van der Waals surface area contributed by atoms with Gasteiger partial charge in [-0.1, -0.05) is 29.7 Å². The molecular formula is C26H39ClN2O8. The standard InChI is InChI=1S/C17H23ClN2O5.C7H10O2.C2H6O/c1-11(24-14-5-3-4-8-23-14)9-20-17(25-19-2)13-7-6-12(10-21)16(22)15(13)18;1-5-2-3-6(8)4-7(5)9;1-3-2/h6-7,11,14,21-22H,2-5,8-10H2,1H3;4-5,9H,2-3H2,1H3;1-2H3/t;5-;/m.1./s1. The summed E-state index contributed by atoms with van der Waals surface area (Å²) in [6.07, 6.45) is 5.31. The molecule has 0 saturated carbocycles. The van der Waals surface area contributed by atoms with Crippen molar-refractivity contribution in [2.75, 3.05) is 27.4 Å². The average molecular weight is 543 g/mol. The third-order valence-electron chi connectivity index (χ3n) is 5.40. The number of aliphatic imine (C=N–C) groups is 1. The number of carbonyl (C=O) groups is 1.